The minimum atomic E-state index is -0.214. The highest BCUT2D eigenvalue weighted by atomic mass is 16.5. The number of nitrogens with zero attached hydrogens (tertiary/aromatic N) is 1. The Hall–Kier alpha value is -1.06. The zero-order valence-corrected chi connectivity index (χ0v) is 16.5. The van der Waals surface area contributed by atoms with E-state index in [9.17, 15) is 9.59 Å². The van der Waals surface area contributed by atoms with Gasteiger partial charge in [0.1, 0.15) is 6.10 Å². The van der Waals surface area contributed by atoms with Gasteiger partial charge in [-0.25, -0.2) is 0 Å². The Labute approximate surface area is 147 Å². The van der Waals surface area contributed by atoms with Crippen LogP contribution in [0.3, 0.4) is 0 Å². The molecule has 0 aromatic heterocycles. The quantitative estimate of drug-likeness (QED) is 0.688. The van der Waals surface area contributed by atoms with Crippen molar-refractivity contribution in [1.82, 2.24) is 4.90 Å². The summed E-state index contributed by atoms with van der Waals surface area (Å²) in [6.07, 6.45) is 3.55. The van der Waals surface area contributed by atoms with Crippen molar-refractivity contribution in [1.29, 1.82) is 0 Å². The maximum atomic E-state index is 12.3. The highest BCUT2D eigenvalue weighted by Gasteiger charge is 2.49. The molecule has 24 heavy (non-hydrogen) atoms. The number of carbonyl (C=O) groups excluding carboxylic acids is 2. The number of rotatable bonds is 6. The number of ether oxygens (including phenoxy) is 1. The molecule has 2 rings (SSSR count). The van der Waals surface area contributed by atoms with Crippen LogP contribution in [0.25, 0.3) is 0 Å². The predicted octanol–water partition coefficient (Wildman–Crippen LogP) is 4.03. The number of fused-ring (bicyclic) bond motifs is 2. The molecule has 2 aliphatic rings. The Balaban J connectivity index is 2.19. The third-order valence-electron chi connectivity index (χ3n) is 6.95. The van der Waals surface area contributed by atoms with Gasteiger partial charge >= 0.3 is 5.97 Å². The van der Waals surface area contributed by atoms with Crippen molar-refractivity contribution in [3.63, 3.8) is 0 Å². The van der Waals surface area contributed by atoms with Gasteiger partial charge in [0.25, 0.3) is 0 Å². The maximum Gasteiger partial charge on any atom is 0.302 e. The summed E-state index contributed by atoms with van der Waals surface area (Å²) >= 11 is 0. The number of carbonyl (C=O) groups is 2. The molecule has 2 bridgehead atoms. The Morgan fingerprint density at radius 3 is 2.50 bits per heavy atom. The molecular weight excluding hydrogens is 302 g/mol. The summed E-state index contributed by atoms with van der Waals surface area (Å²) in [5.41, 5.74) is -0.204. The van der Waals surface area contributed by atoms with Gasteiger partial charge in [-0.3, -0.25) is 9.59 Å². The van der Waals surface area contributed by atoms with E-state index in [1.807, 2.05) is 0 Å². The minimum absolute atomic E-state index is 0.0439. The summed E-state index contributed by atoms with van der Waals surface area (Å²) in [5.74, 6) is 1.22. The van der Waals surface area contributed by atoms with Crippen LogP contribution in [0, 0.1) is 22.7 Å². The fraction of sp³-hybridized carbons (Fsp3) is 0.900. The number of hydrogen-bond donors (Lipinski definition) is 0. The van der Waals surface area contributed by atoms with Gasteiger partial charge in [0.15, 0.2) is 0 Å². The van der Waals surface area contributed by atoms with Gasteiger partial charge < -0.3 is 9.64 Å². The second-order valence-corrected chi connectivity index (χ2v) is 9.21. The van der Waals surface area contributed by atoms with Crippen LogP contribution >= 0.6 is 0 Å². The van der Waals surface area contributed by atoms with E-state index in [0.717, 1.165) is 32.2 Å². The zero-order chi connectivity index (χ0) is 18.3. The van der Waals surface area contributed by atoms with Crippen LogP contribution in [0.1, 0.15) is 74.1 Å². The third-order valence-corrected chi connectivity index (χ3v) is 6.95. The molecule has 0 N–H and O–H groups in total. The molecule has 0 spiro atoms. The van der Waals surface area contributed by atoms with Crippen LogP contribution < -0.4 is 0 Å². The molecule has 1 amide bonds. The number of hydrogen-bond acceptors (Lipinski definition) is 3. The van der Waals surface area contributed by atoms with Gasteiger partial charge in [0.05, 0.1) is 0 Å². The lowest BCUT2D eigenvalue weighted by Gasteiger charge is -2.50. The average Bonchev–Trinajstić information content (AvgIpc) is 2.76. The second-order valence-electron chi connectivity index (χ2n) is 9.21. The lowest BCUT2D eigenvalue weighted by molar-refractivity contribution is -0.160. The van der Waals surface area contributed by atoms with Crippen molar-refractivity contribution in [2.24, 2.45) is 22.7 Å². The van der Waals surface area contributed by atoms with Gasteiger partial charge in [-0.15, -0.1) is 0 Å². The van der Waals surface area contributed by atoms with Crippen molar-refractivity contribution < 1.29 is 14.3 Å². The molecule has 2 saturated heterocycles. The van der Waals surface area contributed by atoms with Crippen LogP contribution in [0.5, 0.6) is 0 Å². The number of piperidine rings is 1. The van der Waals surface area contributed by atoms with E-state index < -0.39 is 0 Å². The SMILES string of the molecule is CCC(OC(C)=O)C(C)(C)C(C)(C)CC1C(C)CC2CC(=O)N1C2. The van der Waals surface area contributed by atoms with Gasteiger partial charge in [-0.2, -0.15) is 0 Å². The highest BCUT2D eigenvalue weighted by molar-refractivity contribution is 5.79. The monoisotopic (exact) mass is 337 g/mol. The summed E-state index contributed by atoms with van der Waals surface area (Å²) in [6.45, 7) is 15.7. The van der Waals surface area contributed by atoms with Crippen LogP contribution in [-0.2, 0) is 14.3 Å². The number of esters is 1. The summed E-state index contributed by atoms with van der Waals surface area (Å²) in [4.78, 5) is 26.0. The molecule has 4 atom stereocenters. The maximum absolute atomic E-state index is 12.3. The van der Waals surface area contributed by atoms with Crippen LogP contribution in [0.4, 0.5) is 0 Å². The van der Waals surface area contributed by atoms with Gasteiger partial charge in [0.2, 0.25) is 5.91 Å². The molecule has 138 valence electrons. The van der Waals surface area contributed by atoms with E-state index in [2.05, 4.69) is 46.4 Å². The molecular formula is C20H35NO3. The first-order valence-corrected chi connectivity index (χ1v) is 9.46. The summed E-state index contributed by atoms with van der Waals surface area (Å²) in [7, 11) is 0. The molecule has 4 unspecified atom stereocenters. The zero-order valence-electron chi connectivity index (χ0n) is 16.5. The van der Waals surface area contributed by atoms with Crippen LogP contribution in [-0.4, -0.2) is 35.5 Å². The normalized spacial score (nSPS) is 28.9. The van der Waals surface area contributed by atoms with Gasteiger partial charge in [-0.05, 0) is 36.5 Å². The molecule has 4 nitrogen and oxygen atoms in total. The Bertz CT molecular complexity index is 497. The Kier molecular flexibility index (Phi) is 5.37. The average molecular weight is 338 g/mol. The second kappa shape index (κ2) is 6.68. The topological polar surface area (TPSA) is 46.6 Å². The van der Waals surface area contributed by atoms with Crippen molar-refractivity contribution in [3.05, 3.63) is 0 Å². The fourth-order valence-electron chi connectivity index (χ4n) is 4.75. The summed E-state index contributed by atoms with van der Waals surface area (Å²) in [5, 5.41) is 0. The Morgan fingerprint density at radius 2 is 1.96 bits per heavy atom. The van der Waals surface area contributed by atoms with E-state index in [1.165, 1.54) is 6.92 Å². The fourth-order valence-corrected chi connectivity index (χ4v) is 4.75. The smallest absolute Gasteiger partial charge is 0.302 e. The molecule has 0 aliphatic carbocycles. The minimum Gasteiger partial charge on any atom is -0.462 e. The molecule has 0 saturated carbocycles. The molecule has 0 aromatic carbocycles. The van der Waals surface area contributed by atoms with Crippen molar-refractivity contribution >= 4 is 11.9 Å². The lowest BCUT2D eigenvalue weighted by atomic mass is 9.60. The van der Waals surface area contributed by atoms with E-state index in [4.69, 9.17) is 4.74 Å². The van der Waals surface area contributed by atoms with Gasteiger partial charge in [0, 0.05) is 31.3 Å². The molecule has 0 aromatic rings. The van der Waals surface area contributed by atoms with Crippen molar-refractivity contribution in [3.8, 4) is 0 Å². The molecule has 2 aliphatic heterocycles. The highest BCUT2D eigenvalue weighted by Crippen LogP contribution is 2.50. The van der Waals surface area contributed by atoms with E-state index >= 15 is 0 Å². The number of amides is 1. The largest absolute Gasteiger partial charge is 0.462 e. The molecule has 2 fully saturated rings. The first-order chi connectivity index (χ1) is 11.0. The first-order valence-electron chi connectivity index (χ1n) is 9.46. The first kappa shape index (κ1) is 19.3. The van der Waals surface area contributed by atoms with Crippen LogP contribution in [0.2, 0.25) is 0 Å². The van der Waals surface area contributed by atoms with E-state index in [0.29, 0.717) is 23.8 Å². The van der Waals surface area contributed by atoms with E-state index in [-0.39, 0.29) is 22.9 Å². The van der Waals surface area contributed by atoms with Crippen molar-refractivity contribution in [2.45, 2.75) is 86.3 Å². The summed E-state index contributed by atoms with van der Waals surface area (Å²) in [6, 6.07) is 0.306. The summed E-state index contributed by atoms with van der Waals surface area (Å²) < 4.78 is 5.63. The predicted molar refractivity (Wildman–Crippen MR) is 95.4 cm³/mol. The lowest BCUT2D eigenvalue weighted by Crippen LogP contribution is -2.51. The Morgan fingerprint density at radius 1 is 1.33 bits per heavy atom. The van der Waals surface area contributed by atoms with Gasteiger partial charge in [-0.1, -0.05) is 41.5 Å². The van der Waals surface area contributed by atoms with E-state index in [1.54, 1.807) is 0 Å². The molecule has 2 heterocycles. The van der Waals surface area contributed by atoms with Crippen molar-refractivity contribution in [2.75, 3.05) is 6.54 Å². The van der Waals surface area contributed by atoms with Crippen LogP contribution in [0.15, 0.2) is 0 Å². The third kappa shape index (κ3) is 3.48. The standard InChI is InChI=1S/C20H35NO3/c1-8-17(24-14(3)22)20(6,7)19(4,5)11-16-13(2)9-15-10-18(23)21(16)12-15/h13,15-17H,8-12H2,1-7H3. The molecule has 4 heteroatoms. The molecule has 0 radical (unpaired) electrons.